The number of rotatable bonds is 2. The van der Waals surface area contributed by atoms with Gasteiger partial charge in [-0.2, -0.15) is 4.98 Å². The van der Waals surface area contributed by atoms with Crippen LogP contribution in [0.2, 0.25) is 0 Å². The molecule has 2 aliphatic rings. The Morgan fingerprint density at radius 3 is 3.06 bits per heavy atom. The van der Waals surface area contributed by atoms with Gasteiger partial charge in [-0.3, -0.25) is 5.10 Å². The van der Waals surface area contributed by atoms with Crippen LogP contribution in [0.3, 0.4) is 0 Å². The van der Waals surface area contributed by atoms with Gasteiger partial charge in [0.1, 0.15) is 6.10 Å². The summed E-state index contributed by atoms with van der Waals surface area (Å²) < 4.78 is 5.81. The van der Waals surface area contributed by atoms with Crippen LogP contribution in [0, 0.1) is 0 Å². The number of H-pyrrole nitrogens is 1. The molecule has 1 aromatic heterocycles. The first-order valence-corrected chi connectivity index (χ1v) is 6.86. The van der Waals surface area contributed by atoms with Crippen molar-refractivity contribution in [2.75, 3.05) is 31.1 Å². The van der Waals surface area contributed by atoms with E-state index in [1.54, 1.807) is 0 Å². The Balaban J connectivity index is 1.68. The molecular weight excluding hydrogens is 230 g/mol. The highest BCUT2D eigenvalue weighted by atomic mass is 16.5. The van der Waals surface area contributed by atoms with Crippen LogP contribution in [-0.2, 0) is 4.74 Å². The molecule has 6 nitrogen and oxygen atoms in total. The predicted octanol–water partition coefficient (Wildman–Crippen LogP) is 0.844. The van der Waals surface area contributed by atoms with Gasteiger partial charge in [-0.05, 0) is 32.7 Å². The van der Waals surface area contributed by atoms with Crippen molar-refractivity contribution in [2.45, 2.75) is 38.4 Å². The fourth-order valence-electron chi connectivity index (χ4n) is 2.60. The number of nitrogens with one attached hydrogen (secondary N) is 2. The Kier molecular flexibility index (Phi) is 3.47. The second-order valence-corrected chi connectivity index (χ2v) is 5.12. The summed E-state index contributed by atoms with van der Waals surface area (Å²) in [4.78, 5) is 6.83. The van der Waals surface area contributed by atoms with Crippen molar-refractivity contribution in [3.8, 4) is 0 Å². The second kappa shape index (κ2) is 5.24. The molecule has 1 aromatic rings. The third-order valence-corrected chi connectivity index (χ3v) is 3.65. The molecule has 18 heavy (non-hydrogen) atoms. The van der Waals surface area contributed by atoms with E-state index in [1.165, 1.54) is 0 Å². The van der Waals surface area contributed by atoms with E-state index in [9.17, 15) is 0 Å². The summed E-state index contributed by atoms with van der Waals surface area (Å²) in [5.74, 6) is 1.70. The Hall–Kier alpha value is -1.14. The molecule has 0 aromatic carbocycles. The molecule has 0 amide bonds. The number of anilines is 1. The molecule has 2 N–H and O–H groups in total. The maximum absolute atomic E-state index is 5.81. The molecule has 100 valence electrons. The average Bonchev–Trinajstić information content (AvgIpc) is 2.92. The molecule has 2 fully saturated rings. The molecule has 0 saturated carbocycles. The van der Waals surface area contributed by atoms with Crippen molar-refractivity contribution in [2.24, 2.45) is 0 Å². The Bertz CT molecular complexity index is 386. The molecule has 6 heteroatoms. The summed E-state index contributed by atoms with van der Waals surface area (Å²) in [6.45, 7) is 6.18. The zero-order valence-corrected chi connectivity index (χ0v) is 10.9. The fraction of sp³-hybridized carbons (Fsp3) is 0.833. The third kappa shape index (κ3) is 2.49. The Morgan fingerprint density at radius 1 is 1.28 bits per heavy atom. The third-order valence-electron chi connectivity index (χ3n) is 3.65. The number of hydrogen-bond donors (Lipinski definition) is 2. The normalized spacial score (nSPS) is 29.5. The number of aromatic nitrogens is 3. The molecule has 2 atom stereocenters. The molecule has 2 aliphatic heterocycles. The largest absolute Gasteiger partial charge is 0.367 e. The lowest BCUT2D eigenvalue weighted by molar-refractivity contribution is 0.0505. The highest BCUT2D eigenvalue weighted by molar-refractivity contribution is 5.29. The van der Waals surface area contributed by atoms with Gasteiger partial charge < -0.3 is 15.0 Å². The second-order valence-electron chi connectivity index (χ2n) is 5.12. The smallest absolute Gasteiger partial charge is 0.244 e. The van der Waals surface area contributed by atoms with Crippen LogP contribution in [0.15, 0.2) is 0 Å². The minimum atomic E-state index is 0.103. The Morgan fingerprint density at radius 2 is 2.22 bits per heavy atom. The van der Waals surface area contributed by atoms with E-state index in [2.05, 4.69) is 32.3 Å². The zero-order valence-electron chi connectivity index (χ0n) is 10.9. The number of ether oxygens (including phenoxy) is 1. The number of nitrogens with zero attached hydrogens (tertiary/aromatic N) is 3. The maximum Gasteiger partial charge on any atom is 0.244 e. The average molecular weight is 251 g/mol. The number of aromatic amines is 1. The van der Waals surface area contributed by atoms with Crippen LogP contribution in [0.5, 0.6) is 0 Å². The van der Waals surface area contributed by atoms with Crippen LogP contribution < -0.4 is 10.2 Å². The molecule has 2 saturated heterocycles. The van der Waals surface area contributed by atoms with Crippen molar-refractivity contribution in [1.29, 1.82) is 0 Å². The van der Waals surface area contributed by atoms with Crippen LogP contribution in [0.1, 0.15) is 38.1 Å². The summed E-state index contributed by atoms with van der Waals surface area (Å²) in [6.07, 6.45) is 3.73. The van der Waals surface area contributed by atoms with Crippen LogP contribution >= 0.6 is 0 Å². The van der Waals surface area contributed by atoms with Gasteiger partial charge in [0, 0.05) is 19.6 Å². The lowest BCUT2D eigenvalue weighted by Gasteiger charge is -2.17. The molecule has 3 heterocycles. The van der Waals surface area contributed by atoms with Crippen molar-refractivity contribution < 1.29 is 4.74 Å². The van der Waals surface area contributed by atoms with Crippen molar-refractivity contribution in [3.05, 3.63) is 5.82 Å². The van der Waals surface area contributed by atoms with Crippen LogP contribution in [0.25, 0.3) is 0 Å². The van der Waals surface area contributed by atoms with E-state index >= 15 is 0 Å². The van der Waals surface area contributed by atoms with Crippen LogP contribution in [0.4, 0.5) is 5.95 Å². The topological polar surface area (TPSA) is 66.1 Å². The lowest BCUT2D eigenvalue weighted by atomic mass is 10.2. The van der Waals surface area contributed by atoms with Crippen molar-refractivity contribution in [3.63, 3.8) is 0 Å². The van der Waals surface area contributed by atoms with E-state index in [4.69, 9.17) is 4.74 Å². The molecule has 0 radical (unpaired) electrons. The van der Waals surface area contributed by atoms with Gasteiger partial charge in [0.05, 0.1) is 6.10 Å². The van der Waals surface area contributed by atoms with E-state index in [0.29, 0.717) is 6.10 Å². The molecule has 0 aliphatic carbocycles. The lowest BCUT2D eigenvalue weighted by Crippen LogP contribution is -2.28. The summed E-state index contributed by atoms with van der Waals surface area (Å²) >= 11 is 0. The van der Waals surface area contributed by atoms with Crippen molar-refractivity contribution in [1.82, 2.24) is 20.5 Å². The van der Waals surface area contributed by atoms with Gasteiger partial charge >= 0.3 is 0 Å². The quantitative estimate of drug-likeness (QED) is 0.815. The van der Waals surface area contributed by atoms with Gasteiger partial charge in [0.2, 0.25) is 5.95 Å². The first kappa shape index (κ1) is 11.9. The standard InChI is InChI=1S/C12H21N5O/c1-9-3-4-10(18-9)11-14-12(16-15-11)17-7-2-5-13-6-8-17/h9-10,13H,2-8H2,1H3,(H,14,15,16). The maximum atomic E-state index is 5.81. The molecule has 0 bridgehead atoms. The van der Waals surface area contributed by atoms with E-state index < -0.39 is 0 Å². The summed E-state index contributed by atoms with van der Waals surface area (Å²) in [5, 5.41) is 10.8. The van der Waals surface area contributed by atoms with E-state index in [-0.39, 0.29) is 6.10 Å². The van der Waals surface area contributed by atoms with Gasteiger partial charge in [0.25, 0.3) is 0 Å². The Labute approximate surface area is 107 Å². The first-order chi connectivity index (χ1) is 8.83. The molecule has 0 spiro atoms. The fourth-order valence-corrected chi connectivity index (χ4v) is 2.60. The zero-order chi connectivity index (χ0) is 12.4. The molecule has 3 rings (SSSR count). The SMILES string of the molecule is CC1CCC(c2nc(N3CCCNCC3)n[nH]2)O1. The summed E-state index contributed by atoms with van der Waals surface area (Å²) in [6, 6.07) is 0. The van der Waals surface area contributed by atoms with E-state index in [0.717, 1.165) is 57.2 Å². The minimum absolute atomic E-state index is 0.103. The van der Waals surface area contributed by atoms with Gasteiger partial charge in [-0.15, -0.1) is 5.10 Å². The van der Waals surface area contributed by atoms with Gasteiger partial charge in [-0.25, -0.2) is 0 Å². The summed E-state index contributed by atoms with van der Waals surface area (Å²) in [5.41, 5.74) is 0. The highest BCUT2D eigenvalue weighted by Gasteiger charge is 2.27. The molecule has 2 unspecified atom stereocenters. The minimum Gasteiger partial charge on any atom is -0.367 e. The number of hydrogen-bond acceptors (Lipinski definition) is 5. The monoisotopic (exact) mass is 251 g/mol. The van der Waals surface area contributed by atoms with Crippen molar-refractivity contribution >= 4 is 5.95 Å². The van der Waals surface area contributed by atoms with E-state index in [1.807, 2.05) is 0 Å². The first-order valence-electron chi connectivity index (χ1n) is 6.86. The van der Waals surface area contributed by atoms with Crippen LogP contribution in [-0.4, -0.2) is 47.5 Å². The van der Waals surface area contributed by atoms with Gasteiger partial charge in [-0.1, -0.05) is 0 Å². The highest BCUT2D eigenvalue weighted by Crippen LogP contribution is 2.30. The summed E-state index contributed by atoms with van der Waals surface area (Å²) in [7, 11) is 0. The predicted molar refractivity (Wildman–Crippen MR) is 68.6 cm³/mol. The molecular formula is C12H21N5O. The van der Waals surface area contributed by atoms with Gasteiger partial charge in [0.15, 0.2) is 5.82 Å².